The van der Waals surface area contributed by atoms with E-state index >= 15 is 0 Å². The smallest absolute Gasteiger partial charge is 0.291 e. The van der Waals surface area contributed by atoms with E-state index in [1.807, 2.05) is 0 Å². The first-order valence-corrected chi connectivity index (χ1v) is 5.54. The molecule has 18 heavy (non-hydrogen) atoms. The number of carbonyl (C=O) groups is 1. The van der Waals surface area contributed by atoms with E-state index in [9.17, 15) is 4.79 Å². The lowest BCUT2D eigenvalue weighted by Crippen LogP contribution is -2.37. The van der Waals surface area contributed by atoms with Gasteiger partial charge in [0.1, 0.15) is 5.84 Å². The molecule has 7 heteroatoms. The van der Waals surface area contributed by atoms with Crippen molar-refractivity contribution in [2.75, 3.05) is 7.05 Å². The number of carbonyl (C=O) groups excluding carboxylic acids is 1. The van der Waals surface area contributed by atoms with Gasteiger partial charge < -0.3 is 20.3 Å². The van der Waals surface area contributed by atoms with Crippen LogP contribution in [-0.2, 0) is 0 Å². The van der Waals surface area contributed by atoms with Gasteiger partial charge >= 0.3 is 0 Å². The van der Waals surface area contributed by atoms with Gasteiger partial charge in [-0.3, -0.25) is 4.79 Å². The first-order chi connectivity index (χ1) is 8.36. The summed E-state index contributed by atoms with van der Waals surface area (Å²) in [6.45, 7) is 5.20. The van der Waals surface area contributed by atoms with E-state index in [2.05, 4.69) is 10.1 Å². The van der Waals surface area contributed by atoms with Crippen molar-refractivity contribution in [2.24, 2.45) is 10.9 Å². The molecule has 0 saturated carbocycles. The van der Waals surface area contributed by atoms with Crippen LogP contribution in [0.5, 0.6) is 0 Å². The lowest BCUT2D eigenvalue weighted by molar-refractivity contribution is 0.0712. The number of oxazole rings is 1. The van der Waals surface area contributed by atoms with Crippen LogP contribution in [-0.4, -0.2) is 39.9 Å². The molecule has 1 rings (SSSR count). The Balaban J connectivity index is 2.81. The maximum atomic E-state index is 12.1. The van der Waals surface area contributed by atoms with E-state index in [0.717, 1.165) is 0 Å². The van der Waals surface area contributed by atoms with E-state index in [4.69, 9.17) is 15.4 Å². The Bertz CT molecular complexity index is 467. The van der Waals surface area contributed by atoms with Gasteiger partial charge in [-0.05, 0) is 13.8 Å². The highest BCUT2D eigenvalue weighted by molar-refractivity contribution is 5.93. The monoisotopic (exact) mass is 254 g/mol. The van der Waals surface area contributed by atoms with Crippen molar-refractivity contribution < 1.29 is 14.4 Å². The number of amidine groups is 1. The van der Waals surface area contributed by atoms with Gasteiger partial charge in [0, 0.05) is 26.4 Å². The number of aromatic nitrogens is 1. The van der Waals surface area contributed by atoms with Gasteiger partial charge in [-0.15, -0.1) is 0 Å². The topological polar surface area (TPSA) is 105 Å². The summed E-state index contributed by atoms with van der Waals surface area (Å²) in [5, 5.41) is 11.4. The van der Waals surface area contributed by atoms with Crippen molar-refractivity contribution in [2.45, 2.75) is 33.2 Å². The number of aryl methyl sites for hydroxylation is 2. The summed E-state index contributed by atoms with van der Waals surface area (Å²) in [4.78, 5) is 17.7. The van der Waals surface area contributed by atoms with Crippen LogP contribution in [0.1, 0.15) is 35.5 Å². The average Bonchev–Trinajstić information content (AvgIpc) is 2.66. The minimum absolute atomic E-state index is 0.0765. The minimum Gasteiger partial charge on any atom is -0.436 e. The third kappa shape index (κ3) is 2.99. The molecule has 3 N–H and O–H groups in total. The largest absolute Gasteiger partial charge is 0.436 e. The second-order valence-electron chi connectivity index (χ2n) is 4.21. The highest BCUT2D eigenvalue weighted by Crippen LogP contribution is 2.14. The molecule has 1 heterocycles. The van der Waals surface area contributed by atoms with Crippen LogP contribution in [0.4, 0.5) is 0 Å². The van der Waals surface area contributed by atoms with Gasteiger partial charge in [-0.1, -0.05) is 5.16 Å². The molecule has 1 aromatic rings. The molecular formula is C11H18N4O3. The van der Waals surface area contributed by atoms with Crippen LogP contribution in [0.3, 0.4) is 0 Å². The van der Waals surface area contributed by atoms with Crippen LogP contribution in [0.2, 0.25) is 0 Å². The first-order valence-electron chi connectivity index (χ1n) is 5.54. The molecular weight excluding hydrogens is 236 g/mol. The van der Waals surface area contributed by atoms with Crippen LogP contribution < -0.4 is 5.73 Å². The fourth-order valence-corrected chi connectivity index (χ4v) is 1.57. The third-order valence-corrected chi connectivity index (χ3v) is 2.71. The van der Waals surface area contributed by atoms with Crippen LogP contribution in [0.15, 0.2) is 9.57 Å². The summed E-state index contributed by atoms with van der Waals surface area (Å²) >= 11 is 0. The van der Waals surface area contributed by atoms with Crippen molar-refractivity contribution in [3.63, 3.8) is 0 Å². The number of nitrogens with zero attached hydrogens (tertiary/aromatic N) is 3. The predicted octanol–water partition coefficient (Wildman–Crippen LogP) is 0.888. The molecule has 1 amide bonds. The van der Waals surface area contributed by atoms with Crippen molar-refractivity contribution in [1.82, 2.24) is 9.88 Å². The molecule has 0 radical (unpaired) electrons. The fraction of sp³-hybridized carbons (Fsp3) is 0.545. The minimum atomic E-state index is -0.272. The zero-order valence-electron chi connectivity index (χ0n) is 11.0. The fourth-order valence-electron chi connectivity index (χ4n) is 1.57. The first kappa shape index (κ1) is 14.0. The van der Waals surface area contributed by atoms with Gasteiger partial charge in [0.25, 0.3) is 5.91 Å². The van der Waals surface area contributed by atoms with E-state index in [1.54, 1.807) is 27.8 Å². The normalized spacial score (nSPS) is 13.4. The second-order valence-corrected chi connectivity index (χ2v) is 4.21. The summed E-state index contributed by atoms with van der Waals surface area (Å²) in [6, 6.07) is -0.210. The van der Waals surface area contributed by atoms with Gasteiger partial charge in [0.2, 0.25) is 5.76 Å². The zero-order chi connectivity index (χ0) is 13.9. The summed E-state index contributed by atoms with van der Waals surface area (Å²) in [6.07, 6.45) is 0.283. The quantitative estimate of drug-likeness (QED) is 0.359. The predicted molar refractivity (Wildman–Crippen MR) is 65.6 cm³/mol. The lowest BCUT2D eigenvalue weighted by atomic mass is 10.2. The SMILES string of the molecule is Cc1nc(C)c(C(=O)N(C)C(C)CC(N)=NO)o1. The molecule has 7 nitrogen and oxygen atoms in total. The lowest BCUT2D eigenvalue weighted by Gasteiger charge is -2.23. The van der Waals surface area contributed by atoms with E-state index in [1.165, 1.54) is 4.90 Å². The Morgan fingerprint density at radius 2 is 2.22 bits per heavy atom. The van der Waals surface area contributed by atoms with Gasteiger partial charge in [-0.25, -0.2) is 4.98 Å². The van der Waals surface area contributed by atoms with Crippen molar-refractivity contribution in [3.05, 3.63) is 17.3 Å². The Morgan fingerprint density at radius 3 is 2.67 bits per heavy atom. The number of hydrogen-bond donors (Lipinski definition) is 2. The highest BCUT2D eigenvalue weighted by atomic mass is 16.4. The molecule has 100 valence electrons. The third-order valence-electron chi connectivity index (χ3n) is 2.71. The standard InChI is InChI=1S/C11H18N4O3/c1-6(5-9(12)14-17)15(4)11(16)10-7(2)13-8(3)18-10/h6,17H,5H2,1-4H3,(H2,12,14). The molecule has 0 saturated heterocycles. The maximum absolute atomic E-state index is 12.1. The molecule has 0 aliphatic heterocycles. The number of oxime groups is 1. The summed E-state index contributed by atoms with van der Waals surface area (Å²) in [5.74, 6) is 0.480. The van der Waals surface area contributed by atoms with Gasteiger partial charge in [0.05, 0.1) is 5.69 Å². The molecule has 1 unspecified atom stereocenters. The number of amides is 1. The Kier molecular flexibility index (Phi) is 4.30. The van der Waals surface area contributed by atoms with Gasteiger partial charge in [0.15, 0.2) is 5.89 Å². The summed E-state index contributed by atoms with van der Waals surface area (Å²) in [7, 11) is 1.63. The maximum Gasteiger partial charge on any atom is 0.291 e. The highest BCUT2D eigenvalue weighted by Gasteiger charge is 2.23. The number of hydrogen-bond acceptors (Lipinski definition) is 5. The Morgan fingerprint density at radius 1 is 1.61 bits per heavy atom. The summed E-state index contributed by atoms with van der Waals surface area (Å²) in [5.41, 5.74) is 5.97. The molecule has 0 aliphatic rings. The van der Waals surface area contributed by atoms with E-state index < -0.39 is 0 Å². The second kappa shape index (κ2) is 5.52. The number of rotatable bonds is 4. The van der Waals surface area contributed by atoms with Crippen molar-refractivity contribution >= 4 is 11.7 Å². The van der Waals surface area contributed by atoms with Gasteiger partial charge in [-0.2, -0.15) is 0 Å². The summed E-state index contributed by atoms with van der Waals surface area (Å²) < 4.78 is 5.27. The van der Waals surface area contributed by atoms with Crippen LogP contribution in [0.25, 0.3) is 0 Å². The Labute approximate surface area is 105 Å². The van der Waals surface area contributed by atoms with E-state index in [-0.39, 0.29) is 30.0 Å². The molecule has 0 aromatic carbocycles. The van der Waals surface area contributed by atoms with Crippen LogP contribution >= 0.6 is 0 Å². The van der Waals surface area contributed by atoms with E-state index in [0.29, 0.717) is 11.6 Å². The van der Waals surface area contributed by atoms with Crippen molar-refractivity contribution in [1.29, 1.82) is 0 Å². The molecule has 0 aliphatic carbocycles. The molecule has 0 bridgehead atoms. The molecule has 1 aromatic heterocycles. The van der Waals surface area contributed by atoms with Crippen LogP contribution in [0, 0.1) is 13.8 Å². The Hall–Kier alpha value is -2.05. The number of nitrogens with two attached hydrogens (primary N) is 1. The molecule has 1 atom stereocenters. The molecule has 0 fully saturated rings. The molecule has 0 spiro atoms. The zero-order valence-corrected chi connectivity index (χ0v) is 11.0. The van der Waals surface area contributed by atoms with Crippen molar-refractivity contribution in [3.8, 4) is 0 Å². The average molecular weight is 254 g/mol.